The number of imidazole rings is 1. The SMILES string of the molecule is O=C(NCC1CC1)C1CCc2c(C(=O)N3CCCCCC3)ncn2C1. The van der Waals surface area contributed by atoms with Crippen LogP contribution in [0.15, 0.2) is 6.33 Å². The molecule has 6 heteroatoms. The van der Waals surface area contributed by atoms with Crippen LogP contribution in [-0.4, -0.2) is 45.9 Å². The number of hydrogen-bond acceptors (Lipinski definition) is 3. The minimum Gasteiger partial charge on any atom is -0.356 e. The van der Waals surface area contributed by atoms with E-state index < -0.39 is 0 Å². The summed E-state index contributed by atoms with van der Waals surface area (Å²) in [5.74, 6) is 0.940. The van der Waals surface area contributed by atoms with E-state index in [1.54, 1.807) is 6.33 Å². The smallest absolute Gasteiger partial charge is 0.274 e. The Hall–Kier alpha value is -1.85. The van der Waals surface area contributed by atoms with E-state index in [0.29, 0.717) is 18.2 Å². The van der Waals surface area contributed by atoms with Crippen LogP contribution in [0.3, 0.4) is 0 Å². The van der Waals surface area contributed by atoms with Crippen molar-refractivity contribution < 1.29 is 9.59 Å². The van der Waals surface area contributed by atoms with Crippen LogP contribution in [-0.2, 0) is 17.8 Å². The highest BCUT2D eigenvalue weighted by molar-refractivity contribution is 5.93. The van der Waals surface area contributed by atoms with Gasteiger partial charge >= 0.3 is 0 Å². The minimum atomic E-state index is 0.00147. The van der Waals surface area contributed by atoms with Crippen molar-refractivity contribution in [3.63, 3.8) is 0 Å². The summed E-state index contributed by atoms with van der Waals surface area (Å²) in [5.41, 5.74) is 1.62. The van der Waals surface area contributed by atoms with Gasteiger partial charge in [-0.2, -0.15) is 0 Å². The summed E-state index contributed by atoms with van der Waals surface area (Å²) in [6.07, 6.45) is 10.4. The Kier molecular flexibility index (Phi) is 4.77. The highest BCUT2D eigenvalue weighted by Crippen LogP contribution is 2.28. The van der Waals surface area contributed by atoms with Gasteiger partial charge in [0.25, 0.3) is 5.91 Å². The van der Waals surface area contributed by atoms with E-state index in [9.17, 15) is 9.59 Å². The van der Waals surface area contributed by atoms with E-state index in [1.807, 2.05) is 9.47 Å². The summed E-state index contributed by atoms with van der Waals surface area (Å²) in [7, 11) is 0. The first-order valence-electron chi connectivity index (χ1n) is 9.83. The number of carbonyl (C=O) groups excluding carboxylic acids is 2. The molecular weight excluding hydrogens is 316 g/mol. The van der Waals surface area contributed by atoms with Gasteiger partial charge in [-0.25, -0.2) is 4.98 Å². The third kappa shape index (κ3) is 3.72. The number of likely N-dealkylation sites (tertiary alicyclic amines) is 1. The van der Waals surface area contributed by atoms with E-state index in [2.05, 4.69) is 10.3 Å². The molecule has 1 aliphatic carbocycles. The Morgan fingerprint density at radius 1 is 1.12 bits per heavy atom. The Morgan fingerprint density at radius 3 is 2.60 bits per heavy atom. The summed E-state index contributed by atoms with van der Waals surface area (Å²) in [6.45, 7) is 3.16. The van der Waals surface area contributed by atoms with Crippen molar-refractivity contribution >= 4 is 11.8 Å². The molecule has 6 nitrogen and oxygen atoms in total. The first kappa shape index (κ1) is 16.6. The first-order chi connectivity index (χ1) is 12.2. The maximum Gasteiger partial charge on any atom is 0.274 e. The number of hydrogen-bond donors (Lipinski definition) is 1. The summed E-state index contributed by atoms with van der Waals surface area (Å²) in [6, 6.07) is 0. The van der Waals surface area contributed by atoms with Crippen LogP contribution in [0, 0.1) is 11.8 Å². The summed E-state index contributed by atoms with van der Waals surface area (Å²) < 4.78 is 2.02. The first-order valence-corrected chi connectivity index (χ1v) is 9.83. The molecule has 1 atom stereocenters. The lowest BCUT2D eigenvalue weighted by Crippen LogP contribution is -2.37. The van der Waals surface area contributed by atoms with Gasteiger partial charge in [0.15, 0.2) is 0 Å². The molecule has 1 saturated heterocycles. The van der Waals surface area contributed by atoms with Gasteiger partial charge in [0.05, 0.1) is 17.9 Å². The van der Waals surface area contributed by atoms with E-state index in [1.165, 1.54) is 25.7 Å². The number of fused-ring (bicyclic) bond motifs is 1. The number of amides is 2. The topological polar surface area (TPSA) is 67.2 Å². The molecule has 0 aromatic carbocycles. The normalized spacial score (nSPS) is 23.7. The van der Waals surface area contributed by atoms with Crippen molar-refractivity contribution in [1.29, 1.82) is 0 Å². The Balaban J connectivity index is 1.40. The largest absolute Gasteiger partial charge is 0.356 e. The highest BCUT2D eigenvalue weighted by Gasteiger charge is 2.31. The Morgan fingerprint density at radius 2 is 1.88 bits per heavy atom. The zero-order valence-electron chi connectivity index (χ0n) is 14.9. The fourth-order valence-electron chi connectivity index (χ4n) is 3.99. The van der Waals surface area contributed by atoms with E-state index in [-0.39, 0.29) is 17.7 Å². The third-order valence-electron chi connectivity index (χ3n) is 5.82. The zero-order valence-corrected chi connectivity index (χ0v) is 14.9. The highest BCUT2D eigenvalue weighted by atomic mass is 16.2. The van der Waals surface area contributed by atoms with Crippen LogP contribution >= 0.6 is 0 Å². The summed E-state index contributed by atoms with van der Waals surface area (Å²) >= 11 is 0. The lowest BCUT2D eigenvalue weighted by atomic mass is 9.96. The molecule has 2 amide bonds. The van der Waals surface area contributed by atoms with Gasteiger partial charge in [0.2, 0.25) is 5.91 Å². The quantitative estimate of drug-likeness (QED) is 0.908. The van der Waals surface area contributed by atoms with Crippen LogP contribution in [0.25, 0.3) is 0 Å². The molecule has 1 unspecified atom stereocenters. The lowest BCUT2D eigenvalue weighted by Gasteiger charge is -2.25. The van der Waals surface area contributed by atoms with Gasteiger partial charge in [0, 0.05) is 26.2 Å². The minimum absolute atomic E-state index is 0.00147. The number of nitrogens with one attached hydrogen (secondary N) is 1. The molecule has 4 rings (SSSR count). The Labute approximate surface area is 149 Å². The molecule has 2 fully saturated rings. The molecule has 3 aliphatic rings. The predicted molar refractivity (Wildman–Crippen MR) is 94.1 cm³/mol. The maximum atomic E-state index is 12.9. The van der Waals surface area contributed by atoms with Crippen LogP contribution in [0.2, 0.25) is 0 Å². The fourth-order valence-corrected chi connectivity index (χ4v) is 3.99. The van der Waals surface area contributed by atoms with Crippen molar-refractivity contribution in [2.75, 3.05) is 19.6 Å². The van der Waals surface area contributed by atoms with Crippen molar-refractivity contribution in [2.45, 2.75) is 57.9 Å². The molecule has 1 aromatic heterocycles. The van der Waals surface area contributed by atoms with Gasteiger partial charge < -0.3 is 14.8 Å². The number of rotatable bonds is 4. The van der Waals surface area contributed by atoms with Gasteiger partial charge in [-0.15, -0.1) is 0 Å². The molecule has 3 heterocycles. The molecule has 25 heavy (non-hydrogen) atoms. The summed E-state index contributed by atoms with van der Waals surface area (Å²) in [5, 5.41) is 3.09. The van der Waals surface area contributed by atoms with E-state index in [4.69, 9.17) is 0 Å². The molecule has 0 bridgehead atoms. The van der Waals surface area contributed by atoms with Crippen molar-refractivity contribution in [3.8, 4) is 0 Å². The van der Waals surface area contributed by atoms with Crippen molar-refractivity contribution in [2.24, 2.45) is 11.8 Å². The van der Waals surface area contributed by atoms with Crippen LogP contribution in [0.1, 0.15) is 61.1 Å². The Bertz CT molecular complexity index is 642. The van der Waals surface area contributed by atoms with E-state index >= 15 is 0 Å². The number of carbonyl (C=O) groups is 2. The van der Waals surface area contributed by atoms with Gasteiger partial charge in [-0.05, 0) is 44.4 Å². The molecule has 1 aromatic rings. The maximum absolute atomic E-state index is 12.9. The van der Waals surface area contributed by atoms with Crippen LogP contribution in [0.5, 0.6) is 0 Å². The predicted octanol–water partition coefficient (Wildman–Crippen LogP) is 1.99. The van der Waals surface area contributed by atoms with Crippen molar-refractivity contribution in [3.05, 3.63) is 17.7 Å². The van der Waals surface area contributed by atoms with E-state index in [0.717, 1.165) is 51.0 Å². The molecular formula is C19H28N4O2. The lowest BCUT2D eigenvalue weighted by molar-refractivity contribution is -0.126. The molecule has 1 N–H and O–H groups in total. The number of aromatic nitrogens is 2. The number of nitrogens with zero attached hydrogens (tertiary/aromatic N) is 3. The molecule has 2 aliphatic heterocycles. The molecule has 136 valence electrons. The average Bonchev–Trinajstić information content (AvgIpc) is 3.41. The molecule has 1 saturated carbocycles. The standard InChI is InChI=1S/C19H28N4O2/c24-18(20-11-14-5-6-14)15-7-8-16-17(21-13-23(16)12-15)19(25)22-9-3-1-2-4-10-22/h13-15H,1-12H2,(H,20,24). The second kappa shape index (κ2) is 7.18. The fraction of sp³-hybridized carbons (Fsp3) is 0.737. The van der Waals surface area contributed by atoms with Crippen LogP contribution in [0.4, 0.5) is 0 Å². The molecule has 0 radical (unpaired) electrons. The van der Waals surface area contributed by atoms with Gasteiger partial charge in [-0.3, -0.25) is 9.59 Å². The monoisotopic (exact) mass is 344 g/mol. The van der Waals surface area contributed by atoms with Gasteiger partial charge in [0.1, 0.15) is 5.69 Å². The van der Waals surface area contributed by atoms with Gasteiger partial charge in [-0.1, -0.05) is 12.8 Å². The average molecular weight is 344 g/mol. The van der Waals surface area contributed by atoms with Crippen LogP contribution < -0.4 is 5.32 Å². The zero-order chi connectivity index (χ0) is 17.2. The summed E-state index contributed by atoms with van der Waals surface area (Å²) in [4.78, 5) is 31.6. The second-order valence-electron chi connectivity index (χ2n) is 7.82. The molecule has 0 spiro atoms. The second-order valence-corrected chi connectivity index (χ2v) is 7.82. The third-order valence-corrected chi connectivity index (χ3v) is 5.82. The van der Waals surface area contributed by atoms with Crippen molar-refractivity contribution in [1.82, 2.24) is 19.8 Å².